The smallest absolute Gasteiger partial charge is 0.303 e. The molecular formula is C31H35NO6. The van der Waals surface area contributed by atoms with Gasteiger partial charge in [-0.2, -0.15) is 0 Å². The number of carbonyl (C=O) groups is 1. The minimum atomic E-state index is -1.05. The molecular weight excluding hydrogens is 482 g/mol. The first-order valence-corrected chi connectivity index (χ1v) is 13.0. The number of methoxy groups -OCH3 is 2. The predicted octanol–water partition coefficient (Wildman–Crippen LogP) is 4.15. The average molecular weight is 518 g/mol. The zero-order chi connectivity index (χ0) is 26.9. The van der Waals surface area contributed by atoms with E-state index in [1.165, 1.54) is 6.92 Å². The number of hydrogen-bond donors (Lipinski definition) is 1. The number of nitrogens with zero attached hydrogens (tertiary/aromatic N) is 1. The van der Waals surface area contributed by atoms with Crippen LogP contribution in [0.5, 0.6) is 11.5 Å². The molecule has 2 aliphatic heterocycles. The van der Waals surface area contributed by atoms with Gasteiger partial charge in [-0.25, -0.2) is 0 Å². The van der Waals surface area contributed by atoms with Crippen LogP contribution in [0, 0.1) is 0 Å². The van der Waals surface area contributed by atoms with Crippen LogP contribution in [0.4, 0.5) is 0 Å². The molecule has 0 amide bonds. The van der Waals surface area contributed by atoms with Crippen LogP contribution in [0.3, 0.4) is 0 Å². The van der Waals surface area contributed by atoms with E-state index in [2.05, 4.69) is 17.0 Å². The number of aliphatic hydroxyl groups is 1. The normalized spacial score (nSPS) is 25.1. The Morgan fingerprint density at radius 3 is 1.74 bits per heavy atom. The van der Waals surface area contributed by atoms with E-state index in [9.17, 15) is 9.90 Å². The molecule has 5 rings (SSSR count). The Bertz CT molecular complexity index is 1180. The van der Waals surface area contributed by atoms with Gasteiger partial charge in [-0.3, -0.25) is 9.69 Å². The topological polar surface area (TPSA) is 77.5 Å². The Balaban J connectivity index is 1.72. The molecule has 2 fully saturated rings. The maximum absolute atomic E-state index is 12.3. The van der Waals surface area contributed by atoms with E-state index in [-0.39, 0.29) is 18.1 Å². The number of ether oxygens (including phenoxy) is 4. The molecule has 2 aliphatic rings. The Morgan fingerprint density at radius 2 is 1.26 bits per heavy atom. The van der Waals surface area contributed by atoms with Crippen LogP contribution in [0.1, 0.15) is 36.5 Å². The minimum Gasteiger partial charge on any atom is -0.497 e. The van der Waals surface area contributed by atoms with Crippen molar-refractivity contribution in [3.63, 3.8) is 0 Å². The SMILES string of the molecule is COc1ccc(C(O[C@@H]2[C@H](OC(C)=O)[C@H]3CC(O)C[C@@H]2N3C)(c2ccccc2)c2ccc(OC)cc2)cc1. The van der Waals surface area contributed by atoms with Crippen LogP contribution in [0.2, 0.25) is 0 Å². The molecule has 0 spiro atoms. The zero-order valence-electron chi connectivity index (χ0n) is 22.2. The summed E-state index contributed by atoms with van der Waals surface area (Å²) in [6.45, 7) is 1.42. The minimum absolute atomic E-state index is 0.132. The molecule has 0 aromatic heterocycles. The van der Waals surface area contributed by atoms with Gasteiger partial charge < -0.3 is 24.1 Å². The highest BCUT2D eigenvalue weighted by Gasteiger charge is 2.57. The molecule has 7 heteroatoms. The number of benzene rings is 3. The molecule has 5 atom stereocenters. The number of hydrogen-bond acceptors (Lipinski definition) is 7. The number of rotatable bonds is 8. The highest BCUT2D eigenvalue weighted by atomic mass is 16.6. The highest BCUT2D eigenvalue weighted by molar-refractivity contribution is 5.66. The number of likely N-dealkylation sites (N-methyl/N-ethyl adjacent to an activating group) is 1. The third-order valence-electron chi connectivity index (χ3n) is 7.94. The van der Waals surface area contributed by atoms with Crippen LogP contribution in [0.15, 0.2) is 78.9 Å². The molecule has 0 saturated carbocycles. The largest absolute Gasteiger partial charge is 0.497 e. The van der Waals surface area contributed by atoms with Gasteiger partial charge in [-0.05, 0) is 60.8 Å². The van der Waals surface area contributed by atoms with Crippen molar-refractivity contribution in [3.05, 3.63) is 95.6 Å². The second-order valence-corrected chi connectivity index (χ2v) is 10.1. The van der Waals surface area contributed by atoms with E-state index in [0.29, 0.717) is 12.8 Å². The van der Waals surface area contributed by atoms with Crippen molar-refractivity contribution >= 4 is 5.97 Å². The number of fused-ring (bicyclic) bond motifs is 2. The van der Waals surface area contributed by atoms with Crippen molar-refractivity contribution < 1.29 is 28.8 Å². The third kappa shape index (κ3) is 4.66. The molecule has 38 heavy (non-hydrogen) atoms. The fourth-order valence-electron chi connectivity index (χ4n) is 6.12. The second-order valence-electron chi connectivity index (χ2n) is 10.1. The molecule has 0 aliphatic carbocycles. The molecule has 0 radical (unpaired) electrons. The fraction of sp³-hybridized carbons (Fsp3) is 0.387. The fourth-order valence-corrected chi connectivity index (χ4v) is 6.12. The molecule has 2 saturated heterocycles. The van der Waals surface area contributed by atoms with Crippen molar-refractivity contribution in [2.24, 2.45) is 0 Å². The Hall–Kier alpha value is -3.39. The summed E-state index contributed by atoms with van der Waals surface area (Å²) in [5, 5.41) is 10.7. The third-order valence-corrected chi connectivity index (χ3v) is 7.94. The number of aliphatic hydroxyl groups excluding tert-OH is 1. The van der Waals surface area contributed by atoms with Crippen molar-refractivity contribution in [3.8, 4) is 11.5 Å². The van der Waals surface area contributed by atoms with Gasteiger partial charge in [0.15, 0.2) is 0 Å². The first-order chi connectivity index (χ1) is 18.4. The van der Waals surface area contributed by atoms with Gasteiger partial charge in [0, 0.05) is 13.0 Å². The van der Waals surface area contributed by atoms with Crippen molar-refractivity contribution in [1.82, 2.24) is 4.90 Å². The predicted molar refractivity (Wildman–Crippen MR) is 143 cm³/mol. The molecule has 2 bridgehead atoms. The second kappa shape index (κ2) is 10.8. The van der Waals surface area contributed by atoms with E-state index in [1.54, 1.807) is 14.2 Å². The maximum atomic E-state index is 12.3. The molecule has 1 N–H and O–H groups in total. The lowest BCUT2D eigenvalue weighted by atomic mass is 9.79. The Labute approximate surface area is 223 Å². The molecule has 3 aromatic rings. The van der Waals surface area contributed by atoms with Crippen LogP contribution < -0.4 is 9.47 Å². The van der Waals surface area contributed by atoms with Crippen LogP contribution in [-0.4, -0.2) is 67.6 Å². The zero-order valence-corrected chi connectivity index (χ0v) is 22.2. The lowest BCUT2D eigenvalue weighted by molar-refractivity contribution is -0.160. The molecule has 200 valence electrons. The van der Waals surface area contributed by atoms with Gasteiger partial charge in [0.2, 0.25) is 0 Å². The summed E-state index contributed by atoms with van der Waals surface area (Å²) in [6, 6.07) is 25.5. The Morgan fingerprint density at radius 1 is 0.789 bits per heavy atom. The van der Waals surface area contributed by atoms with E-state index >= 15 is 0 Å². The quantitative estimate of drug-likeness (QED) is 0.355. The number of carbonyl (C=O) groups excluding carboxylic acids is 1. The van der Waals surface area contributed by atoms with Crippen LogP contribution in [0.25, 0.3) is 0 Å². The summed E-state index contributed by atoms with van der Waals surface area (Å²) in [4.78, 5) is 14.4. The first-order valence-electron chi connectivity index (χ1n) is 13.0. The summed E-state index contributed by atoms with van der Waals surface area (Å²) < 4.78 is 24.2. The standard InChI is InChI=1S/C31H35NO6/c1-20(33)37-29-27-18-24(34)19-28(32(27)2)30(29)38-31(21-8-6-5-7-9-21,22-10-14-25(35-3)15-11-22)23-12-16-26(36-4)17-13-23/h5-17,24,27-30,34H,18-19H2,1-4H3/t24?,27-,28+,29-,30+/m1/s1. The molecule has 7 nitrogen and oxygen atoms in total. The van der Waals surface area contributed by atoms with Gasteiger partial charge in [0.25, 0.3) is 0 Å². The van der Waals surface area contributed by atoms with Gasteiger partial charge in [0.1, 0.15) is 29.3 Å². The average Bonchev–Trinajstić information content (AvgIpc) is 3.07. The number of piperidine rings is 1. The monoisotopic (exact) mass is 517 g/mol. The van der Waals surface area contributed by atoms with E-state index in [1.807, 2.05) is 73.8 Å². The van der Waals surface area contributed by atoms with Gasteiger partial charge >= 0.3 is 5.97 Å². The maximum Gasteiger partial charge on any atom is 0.303 e. The molecule has 1 unspecified atom stereocenters. The van der Waals surface area contributed by atoms with Crippen molar-refractivity contribution in [2.45, 2.75) is 55.8 Å². The summed E-state index contributed by atoms with van der Waals surface area (Å²) in [5.41, 5.74) is 1.69. The van der Waals surface area contributed by atoms with Crippen LogP contribution >= 0.6 is 0 Å². The van der Waals surface area contributed by atoms with Crippen molar-refractivity contribution in [1.29, 1.82) is 0 Å². The van der Waals surface area contributed by atoms with E-state index in [4.69, 9.17) is 18.9 Å². The van der Waals surface area contributed by atoms with Gasteiger partial charge in [0.05, 0.1) is 26.4 Å². The van der Waals surface area contributed by atoms with Gasteiger partial charge in [-0.15, -0.1) is 0 Å². The summed E-state index contributed by atoms with van der Waals surface area (Å²) in [6.07, 6.45) is -0.449. The summed E-state index contributed by atoms with van der Waals surface area (Å²) in [5.74, 6) is 1.11. The van der Waals surface area contributed by atoms with E-state index in [0.717, 1.165) is 28.2 Å². The molecule has 2 heterocycles. The van der Waals surface area contributed by atoms with Crippen LogP contribution in [-0.2, 0) is 19.9 Å². The Kier molecular flexibility index (Phi) is 7.43. The summed E-state index contributed by atoms with van der Waals surface area (Å²) >= 11 is 0. The van der Waals surface area contributed by atoms with E-state index < -0.39 is 23.9 Å². The lowest BCUT2D eigenvalue weighted by Crippen LogP contribution is -2.47. The van der Waals surface area contributed by atoms with Gasteiger partial charge in [-0.1, -0.05) is 54.6 Å². The number of esters is 1. The summed E-state index contributed by atoms with van der Waals surface area (Å²) in [7, 11) is 5.30. The molecule has 3 aromatic carbocycles. The first kappa shape index (κ1) is 26.2. The highest BCUT2D eigenvalue weighted by Crippen LogP contribution is 2.47. The lowest BCUT2D eigenvalue weighted by Gasteiger charge is -2.41. The van der Waals surface area contributed by atoms with Crippen molar-refractivity contribution in [2.75, 3.05) is 21.3 Å².